The lowest BCUT2D eigenvalue weighted by Crippen LogP contribution is -2.07. The van der Waals surface area contributed by atoms with E-state index in [4.69, 9.17) is 4.74 Å². The van der Waals surface area contributed by atoms with E-state index in [1.807, 2.05) is 0 Å². The third kappa shape index (κ3) is 16.6. The lowest BCUT2D eigenvalue weighted by atomic mass is 9.91. The molecule has 0 aromatic rings. The molecule has 1 fully saturated rings. The third-order valence-corrected chi connectivity index (χ3v) is 6.33. The molecule has 1 aliphatic rings. The zero-order valence-corrected chi connectivity index (χ0v) is 19.5. The molecule has 0 spiro atoms. The van der Waals surface area contributed by atoms with Crippen molar-refractivity contribution in [3.63, 3.8) is 0 Å². The summed E-state index contributed by atoms with van der Waals surface area (Å²) >= 11 is 0. The van der Waals surface area contributed by atoms with Gasteiger partial charge in [0.25, 0.3) is 0 Å². The van der Waals surface area contributed by atoms with Crippen LogP contribution in [-0.4, -0.2) is 13.2 Å². The Morgan fingerprint density at radius 1 is 0.630 bits per heavy atom. The Hall–Kier alpha value is -0.0400. The molecule has 0 aromatic carbocycles. The van der Waals surface area contributed by atoms with E-state index in [1.165, 1.54) is 103 Å². The molecule has 0 radical (unpaired) electrons. The first kappa shape index (κ1) is 25.0. The highest BCUT2D eigenvalue weighted by molar-refractivity contribution is 4.85. The first-order chi connectivity index (χ1) is 13.0. The Morgan fingerprint density at radius 2 is 1.11 bits per heavy atom. The van der Waals surface area contributed by atoms with E-state index in [0.717, 1.165) is 25.0 Å². The molecule has 0 aromatic heterocycles. The molecule has 1 rings (SSSR count). The molecule has 0 saturated heterocycles. The van der Waals surface area contributed by atoms with Gasteiger partial charge in [-0.3, -0.25) is 0 Å². The average Bonchev–Trinajstić information content (AvgIpc) is 3.36. The Bertz CT molecular complexity index is 317. The van der Waals surface area contributed by atoms with E-state index < -0.39 is 0 Å². The van der Waals surface area contributed by atoms with E-state index >= 15 is 0 Å². The van der Waals surface area contributed by atoms with Gasteiger partial charge in [0, 0.05) is 13.2 Å². The fourth-order valence-corrected chi connectivity index (χ4v) is 4.33. The van der Waals surface area contributed by atoms with Gasteiger partial charge in [0.1, 0.15) is 0 Å². The highest BCUT2D eigenvalue weighted by Gasteiger charge is 2.34. The van der Waals surface area contributed by atoms with Crippen LogP contribution in [0.2, 0.25) is 0 Å². The lowest BCUT2D eigenvalue weighted by molar-refractivity contribution is 0.118. The van der Waals surface area contributed by atoms with Crippen LogP contribution in [0.4, 0.5) is 0 Å². The number of unbranched alkanes of at least 4 members (excludes halogenated alkanes) is 10. The predicted octanol–water partition coefficient (Wildman–Crippen LogP) is 8.95. The molecular weight excluding hydrogens is 328 g/mol. The van der Waals surface area contributed by atoms with E-state index in [1.54, 1.807) is 6.42 Å². The molecule has 0 N–H and O–H groups in total. The van der Waals surface area contributed by atoms with Crippen molar-refractivity contribution < 1.29 is 4.74 Å². The number of hydrogen-bond acceptors (Lipinski definition) is 1. The Morgan fingerprint density at radius 3 is 1.67 bits per heavy atom. The molecule has 1 saturated carbocycles. The summed E-state index contributed by atoms with van der Waals surface area (Å²) in [6.07, 6.45) is 24.3. The minimum Gasteiger partial charge on any atom is -0.381 e. The van der Waals surface area contributed by atoms with Crippen molar-refractivity contribution in [1.82, 2.24) is 0 Å². The summed E-state index contributed by atoms with van der Waals surface area (Å²) in [6, 6.07) is 0. The van der Waals surface area contributed by atoms with Crippen molar-refractivity contribution in [2.45, 2.75) is 137 Å². The van der Waals surface area contributed by atoms with Crippen LogP contribution >= 0.6 is 0 Å². The fourth-order valence-electron chi connectivity index (χ4n) is 4.33. The number of rotatable bonds is 19. The average molecular weight is 381 g/mol. The van der Waals surface area contributed by atoms with Gasteiger partial charge in [-0.1, -0.05) is 111 Å². The van der Waals surface area contributed by atoms with Crippen molar-refractivity contribution in [1.29, 1.82) is 0 Å². The van der Waals surface area contributed by atoms with Gasteiger partial charge in [-0.15, -0.1) is 0 Å². The van der Waals surface area contributed by atoms with Crippen LogP contribution < -0.4 is 0 Å². The molecule has 27 heavy (non-hydrogen) atoms. The Balaban J connectivity index is 1.73. The van der Waals surface area contributed by atoms with Crippen LogP contribution in [0.15, 0.2) is 0 Å². The highest BCUT2D eigenvalue weighted by atomic mass is 16.5. The van der Waals surface area contributed by atoms with Gasteiger partial charge >= 0.3 is 0 Å². The van der Waals surface area contributed by atoms with Crippen LogP contribution in [0.3, 0.4) is 0 Å². The second-order valence-electron chi connectivity index (χ2n) is 10.5. The van der Waals surface area contributed by atoms with E-state index in [-0.39, 0.29) is 0 Å². The van der Waals surface area contributed by atoms with Crippen molar-refractivity contribution in [2.24, 2.45) is 17.3 Å². The molecule has 0 amide bonds. The minimum absolute atomic E-state index is 0.457. The lowest BCUT2D eigenvalue weighted by Gasteiger charge is -2.17. The van der Waals surface area contributed by atoms with Gasteiger partial charge in [-0.25, -0.2) is 0 Å². The van der Waals surface area contributed by atoms with Crippen molar-refractivity contribution in [2.75, 3.05) is 13.2 Å². The SMILES string of the molecule is CCCCCCCCCCC1CC1CCCCCCOCCCC(C)(C)C. The van der Waals surface area contributed by atoms with Crippen LogP contribution in [0.25, 0.3) is 0 Å². The first-order valence-corrected chi connectivity index (χ1v) is 12.6. The summed E-state index contributed by atoms with van der Waals surface area (Å²) in [6.45, 7) is 11.2. The Kier molecular flexibility index (Phi) is 14.7. The molecule has 0 bridgehead atoms. The molecule has 162 valence electrons. The first-order valence-electron chi connectivity index (χ1n) is 12.6. The Labute approximate surface area is 172 Å². The fraction of sp³-hybridized carbons (Fsp3) is 1.00. The van der Waals surface area contributed by atoms with Gasteiger partial charge in [0.15, 0.2) is 0 Å². The number of ether oxygens (including phenoxy) is 1. The van der Waals surface area contributed by atoms with E-state index in [2.05, 4.69) is 27.7 Å². The van der Waals surface area contributed by atoms with Crippen LogP contribution in [0.1, 0.15) is 137 Å². The number of hydrogen-bond donors (Lipinski definition) is 0. The molecule has 1 heteroatoms. The summed E-state index contributed by atoms with van der Waals surface area (Å²) in [5, 5.41) is 0. The zero-order valence-electron chi connectivity index (χ0n) is 19.5. The maximum Gasteiger partial charge on any atom is 0.0466 e. The second-order valence-corrected chi connectivity index (χ2v) is 10.5. The molecule has 0 aliphatic heterocycles. The summed E-state index contributed by atoms with van der Waals surface area (Å²) in [5.41, 5.74) is 0.457. The molecule has 2 unspecified atom stereocenters. The molecule has 1 aliphatic carbocycles. The zero-order chi connectivity index (χ0) is 19.8. The van der Waals surface area contributed by atoms with Gasteiger partial charge in [0.05, 0.1) is 0 Å². The van der Waals surface area contributed by atoms with Crippen molar-refractivity contribution in [3.05, 3.63) is 0 Å². The maximum absolute atomic E-state index is 5.78. The van der Waals surface area contributed by atoms with E-state index in [0.29, 0.717) is 5.41 Å². The normalized spacial score (nSPS) is 19.6. The summed E-state index contributed by atoms with van der Waals surface area (Å²) in [4.78, 5) is 0. The third-order valence-electron chi connectivity index (χ3n) is 6.33. The quantitative estimate of drug-likeness (QED) is 0.203. The summed E-state index contributed by atoms with van der Waals surface area (Å²) in [7, 11) is 0. The summed E-state index contributed by atoms with van der Waals surface area (Å²) in [5.74, 6) is 2.21. The van der Waals surface area contributed by atoms with Gasteiger partial charge in [-0.2, -0.15) is 0 Å². The standard InChI is InChI=1S/C26H52O/c1-5-6-7-8-9-10-11-14-18-24-23-25(24)19-15-12-13-16-21-27-22-17-20-26(2,3)4/h24-25H,5-23H2,1-4H3. The largest absolute Gasteiger partial charge is 0.381 e. The van der Waals surface area contributed by atoms with Crippen LogP contribution in [-0.2, 0) is 4.74 Å². The van der Waals surface area contributed by atoms with Crippen LogP contribution in [0, 0.1) is 17.3 Å². The second kappa shape index (κ2) is 15.8. The van der Waals surface area contributed by atoms with E-state index in [9.17, 15) is 0 Å². The molecular formula is C26H52O. The molecule has 2 atom stereocenters. The molecule has 0 heterocycles. The van der Waals surface area contributed by atoms with Crippen molar-refractivity contribution >= 4 is 0 Å². The topological polar surface area (TPSA) is 9.23 Å². The monoisotopic (exact) mass is 380 g/mol. The van der Waals surface area contributed by atoms with Gasteiger partial charge < -0.3 is 4.74 Å². The van der Waals surface area contributed by atoms with Crippen LogP contribution in [0.5, 0.6) is 0 Å². The maximum atomic E-state index is 5.78. The molecule has 1 nitrogen and oxygen atoms in total. The smallest absolute Gasteiger partial charge is 0.0466 e. The highest BCUT2D eigenvalue weighted by Crippen LogP contribution is 2.45. The van der Waals surface area contributed by atoms with Gasteiger partial charge in [-0.05, 0) is 42.9 Å². The van der Waals surface area contributed by atoms with Crippen molar-refractivity contribution in [3.8, 4) is 0 Å². The predicted molar refractivity (Wildman–Crippen MR) is 121 cm³/mol. The van der Waals surface area contributed by atoms with Gasteiger partial charge in [0.2, 0.25) is 0 Å². The summed E-state index contributed by atoms with van der Waals surface area (Å²) < 4.78 is 5.78. The minimum atomic E-state index is 0.457.